The first-order valence-electron chi connectivity index (χ1n) is 5.05. The van der Waals surface area contributed by atoms with E-state index in [1.54, 1.807) is 11.3 Å². The van der Waals surface area contributed by atoms with Gasteiger partial charge in [-0.1, -0.05) is 19.9 Å². The van der Waals surface area contributed by atoms with Gasteiger partial charge in [0.1, 0.15) is 5.69 Å². The van der Waals surface area contributed by atoms with Crippen molar-refractivity contribution < 1.29 is 0 Å². The third kappa shape index (κ3) is 1.82. The number of thiophene rings is 1. The molecule has 3 nitrogen and oxygen atoms in total. The number of rotatable bonds is 3. The van der Waals surface area contributed by atoms with E-state index in [0.29, 0.717) is 12.5 Å². The predicted molar refractivity (Wildman–Crippen MR) is 63.9 cm³/mol. The largest absolute Gasteiger partial charge is 0.326 e. The number of nitrogens with zero attached hydrogens (tertiary/aromatic N) is 1. The van der Waals surface area contributed by atoms with Crippen LogP contribution in [0.15, 0.2) is 17.5 Å². The van der Waals surface area contributed by atoms with E-state index in [-0.39, 0.29) is 0 Å². The molecule has 0 bridgehead atoms. The fourth-order valence-corrected chi connectivity index (χ4v) is 2.42. The lowest BCUT2D eigenvalue weighted by Gasteiger charge is -2.04. The Morgan fingerprint density at radius 2 is 2.33 bits per heavy atom. The van der Waals surface area contributed by atoms with Crippen molar-refractivity contribution in [3.05, 3.63) is 28.8 Å². The van der Waals surface area contributed by atoms with Crippen LogP contribution >= 0.6 is 11.3 Å². The molecule has 0 fully saturated rings. The van der Waals surface area contributed by atoms with Crippen LogP contribution in [0.3, 0.4) is 0 Å². The SMILES string of the molecule is CC(C)c1[nH]nc(-c2cccs2)c1CN. The Kier molecular flexibility index (Phi) is 2.88. The molecule has 0 saturated heterocycles. The summed E-state index contributed by atoms with van der Waals surface area (Å²) in [6, 6.07) is 4.11. The van der Waals surface area contributed by atoms with Crippen LogP contribution in [0.1, 0.15) is 31.0 Å². The fourth-order valence-electron chi connectivity index (χ4n) is 1.68. The molecule has 0 atom stereocenters. The van der Waals surface area contributed by atoms with Gasteiger partial charge >= 0.3 is 0 Å². The molecule has 0 amide bonds. The smallest absolute Gasteiger partial charge is 0.107 e. The highest BCUT2D eigenvalue weighted by atomic mass is 32.1. The van der Waals surface area contributed by atoms with Crippen LogP contribution in [-0.2, 0) is 6.54 Å². The van der Waals surface area contributed by atoms with Crippen LogP contribution in [0.25, 0.3) is 10.6 Å². The minimum absolute atomic E-state index is 0.435. The normalized spacial score (nSPS) is 11.2. The zero-order valence-electron chi connectivity index (χ0n) is 8.95. The maximum atomic E-state index is 5.78. The number of aromatic nitrogens is 2. The number of nitrogens with one attached hydrogen (secondary N) is 1. The van der Waals surface area contributed by atoms with Gasteiger partial charge in [-0.15, -0.1) is 11.3 Å². The lowest BCUT2D eigenvalue weighted by atomic mass is 10.0. The van der Waals surface area contributed by atoms with Gasteiger partial charge in [0.05, 0.1) is 4.88 Å². The van der Waals surface area contributed by atoms with Crippen molar-refractivity contribution in [1.82, 2.24) is 10.2 Å². The minimum atomic E-state index is 0.435. The molecule has 0 spiro atoms. The van der Waals surface area contributed by atoms with Gasteiger partial charge in [-0.2, -0.15) is 5.10 Å². The molecule has 15 heavy (non-hydrogen) atoms. The first-order chi connectivity index (χ1) is 7.24. The van der Waals surface area contributed by atoms with Crippen LogP contribution < -0.4 is 5.73 Å². The Labute approximate surface area is 93.3 Å². The number of aromatic amines is 1. The summed E-state index contributed by atoms with van der Waals surface area (Å²) in [6.45, 7) is 4.83. The quantitative estimate of drug-likeness (QED) is 0.837. The Morgan fingerprint density at radius 1 is 1.53 bits per heavy atom. The number of hydrogen-bond acceptors (Lipinski definition) is 3. The molecule has 3 N–H and O–H groups in total. The van der Waals surface area contributed by atoms with Crippen molar-refractivity contribution in [2.45, 2.75) is 26.3 Å². The maximum absolute atomic E-state index is 5.78. The van der Waals surface area contributed by atoms with E-state index in [9.17, 15) is 0 Å². The zero-order valence-corrected chi connectivity index (χ0v) is 9.77. The molecule has 0 radical (unpaired) electrons. The molecule has 0 aliphatic carbocycles. The van der Waals surface area contributed by atoms with Crippen molar-refractivity contribution >= 4 is 11.3 Å². The summed E-state index contributed by atoms with van der Waals surface area (Å²) >= 11 is 1.69. The van der Waals surface area contributed by atoms with Crippen LogP contribution in [0.5, 0.6) is 0 Å². The van der Waals surface area contributed by atoms with E-state index in [1.165, 1.54) is 4.88 Å². The van der Waals surface area contributed by atoms with Gasteiger partial charge < -0.3 is 5.73 Å². The van der Waals surface area contributed by atoms with Gasteiger partial charge in [-0.05, 0) is 17.4 Å². The highest BCUT2D eigenvalue weighted by molar-refractivity contribution is 7.13. The van der Waals surface area contributed by atoms with Crippen molar-refractivity contribution in [2.75, 3.05) is 0 Å². The summed E-state index contributed by atoms with van der Waals surface area (Å²) in [6.07, 6.45) is 0. The Hall–Kier alpha value is -1.13. The third-order valence-electron chi connectivity index (χ3n) is 2.44. The average molecular weight is 221 g/mol. The van der Waals surface area contributed by atoms with E-state index in [2.05, 4.69) is 35.5 Å². The van der Waals surface area contributed by atoms with Gasteiger partial charge in [0, 0.05) is 17.8 Å². The molecular formula is C11H15N3S. The molecule has 0 aromatic carbocycles. The zero-order chi connectivity index (χ0) is 10.8. The minimum Gasteiger partial charge on any atom is -0.326 e. The summed E-state index contributed by atoms with van der Waals surface area (Å²) in [7, 11) is 0. The number of nitrogens with two attached hydrogens (primary N) is 1. The summed E-state index contributed by atoms with van der Waals surface area (Å²) in [5.74, 6) is 0.435. The number of hydrogen-bond donors (Lipinski definition) is 2. The third-order valence-corrected chi connectivity index (χ3v) is 3.31. The highest BCUT2D eigenvalue weighted by Crippen LogP contribution is 2.30. The fraction of sp³-hybridized carbons (Fsp3) is 0.364. The Morgan fingerprint density at radius 3 is 2.87 bits per heavy atom. The molecule has 2 aromatic heterocycles. The van der Waals surface area contributed by atoms with E-state index in [4.69, 9.17) is 5.73 Å². The second-order valence-corrected chi connectivity index (χ2v) is 4.75. The molecule has 80 valence electrons. The van der Waals surface area contributed by atoms with E-state index in [0.717, 1.165) is 17.0 Å². The van der Waals surface area contributed by atoms with Crippen LogP contribution in [-0.4, -0.2) is 10.2 Å². The highest BCUT2D eigenvalue weighted by Gasteiger charge is 2.15. The van der Waals surface area contributed by atoms with Crippen molar-refractivity contribution in [2.24, 2.45) is 5.73 Å². The van der Waals surface area contributed by atoms with Gasteiger partial charge in [0.2, 0.25) is 0 Å². The lowest BCUT2D eigenvalue weighted by molar-refractivity contribution is 0.794. The Balaban J connectivity index is 2.49. The second kappa shape index (κ2) is 4.16. The monoisotopic (exact) mass is 221 g/mol. The second-order valence-electron chi connectivity index (χ2n) is 3.80. The molecule has 0 aliphatic heterocycles. The molecule has 0 unspecified atom stereocenters. The summed E-state index contributed by atoms with van der Waals surface area (Å²) in [4.78, 5) is 1.18. The van der Waals surface area contributed by atoms with E-state index >= 15 is 0 Å². The molecule has 2 aromatic rings. The van der Waals surface area contributed by atoms with Crippen LogP contribution in [0.4, 0.5) is 0 Å². The lowest BCUT2D eigenvalue weighted by Crippen LogP contribution is -2.02. The molecule has 2 rings (SSSR count). The number of H-pyrrole nitrogens is 1. The molecule has 0 saturated carbocycles. The molecular weight excluding hydrogens is 206 g/mol. The summed E-state index contributed by atoms with van der Waals surface area (Å²) in [5, 5.41) is 9.50. The average Bonchev–Trinajstić information content (AvgIpc) is 2.85. The predicted octanol–water partition coefficient (Wildman–Crippen LogP) is 2.72. The van der Waals surface area contributed by atoms with Gasteiger partial charge in [0.15, 0.2) is 0 Å². The maximum Gasteiger partial charge on any atom is 0.107 e. The van der Waals surface area contributed by atoms with Crippen molar-refractivity contribution in [3.63, 3.8) is 0 Å². The van der Waals surface area contributed by atoms with Crippen LogP contribution in [0.2, 0.25) is 0 Å². The summed E-state index contributed by atoms with van der Waals surface area (Å²) in [5.41, 5.74) is 9.09. The molecule has 2 heterocycles. The standard InChI is InChI=1S/C11H15N3S/c1-7(2)10-8(6-12)11(14-13-10)9-4-3-5-15-9/h3-5,7H,6,12H2,1-2H3,(H,13,14). The molecule has 4 heteroatoms. The van der Waals surface area contributed by atoms with Gasteiger partial charge in [0.25, 0.3) is 0 Å². The first kappa shape index (κ1) is 10.4. The molecule has 0 aliphatic rings. The summed E-state index contributed by atoms with van der Waals surface area (Å²) < 4.78 is 0. The van der Waals surface area contributed by atoms with E-state index in [1.807, 2.05) is 6.07 Å². The van der Waals surface area contributed by atoms with Crippen molar-refractivity contribution in [1.29, 1.82) is 0 Å². The van der Waals surface area contributed by atoms with Crippen molar-refractivity contribution in [3.8, 4) is 10.6 Å². The Bertz CT molecular complexity index is 429. The topological polar surface area (TPSA) is 54.7 Å². The first-order valence-corrected chi connectivity index (χ1v) is 5.93. The van der Waals surface area contributed by atoms with E-state index < -0.39 is 0 Å². The van der Waals surface area contributed by atoms with Gasteiger partial charge in [-0.3, -0.25) is 5.10 Å². The van der Waals surface area contributed by atoms with Crippen LogP contribution in [0, 0.1) is 0 Å². The van der Waals surface area contributed by atoms with Gasteiger partial charge in [-0.25, -0.2) is 0 Å².